The molecular formula is C22H29F2N5O2S. The number of hydrogen-bond acceptors (Lipinski definition) is 6. The largest absolute Gasteiger partial charge is 0.351 e. The van der Waals surface area contributed by atoms with E-state index in [0.717, 1.165) is 37.0 Å². The molecule has 174 valence electrons. The molecule has 5 rings (SSSR count). The second-order valence-electron chi connectivity index (χ2n) is 9.90. The average molecular weight is 466 g/mol. The molecule has 3 heterocycles. The van der Waals surface area contributed by atoms with Gasteiger partial charge in [0.15, 0.2) is 0 Å². The molecule has 1 aliphatic carbocycles. The number of anilines is 1. The number of piperidine rings is 1. The minimum absolute atomic E-state index is 0.0247. The molecule has 0 radical (unpaired) electrons. The Morgan fingerprint density at radius 3 is 2.47 bits per heavy atom. The van der Waals surface area contributed by atoms with Crippen molar-refractivity contribution >= 4 is 26.9 Å². The van der Waals surface area contributed by atoms with Crippen LogP contribution >= 0.6 is 0 Å². The molecule has 2 aromatic rings. The van der Waals surface area contributed by atoms with Crippen molar-refractivity contribution in [3.05, 3.63) is 29.5 Å². The van der Waals surface area contributed by atoms with Crippen LogP contribution in [0.15, 0.2) is 18.3 Å². The monoisotopic (exact) mass is 465 g/mol. The molecule has 32 heavy (non-hydrogen) atoms. The number of alkyl halides is 2. The summed E-state index contributed by atoms with van der Waals surface area (Å²) in [5.41, 5.74) is 2.01. The highest BCUT2D eigenvalue weighted by Gasteiger charge is 2.51. The summed E-state index contributed by atoms with van der Waals surface area (Å²) < 4.78 is 52.0. The summed E-state index contributed by atoms with van der Waals surface area (Å²) >= 11 is 0. The Morgan fingerprint density at radius 1 is 1.19 bits per heavy atom. The van der Waals surface area contributed by atoms with Crippen molar-refractivity contribution in [2.45, 2.75) is 44.1 Å². The van der Waals surface area contributed by atoms with Gasteiger partial charge in [0.05, 0.1) is 11.8 Å². The second kappa shape index (κ2) is 7.85. The van der Waals surface area contributed by atoms with E-state index >= 15 is 0 Å². The maximum Gasteiger partial charge on any atom is 0.263 e. The molecular weight excluding hydrogens is 436 g/mol. The summed E-state index contributed by atoms with van der Waals surface area (Å²) in [4.78, 5) is 11.4. The predicted octanol–water partition coefficient (Wildman–Crippen LogP) is 3.21. The molecule has 0 unspecified atom stereocenters. The third kappa shape index (κ3) is 4.08. The summed E-state index contributed by atoms with van der Waals surface area (Å²) in [6.45, 7) is 3.07. The molecule has 1 saturated carbocycles. The Balaban J connectivity index is 1.37. The van der Waals surface area contributed by atoms with E-state index in [0.29, 0.717) is 42.7 Å². The number of fused-ring (bicyclic) bond motifs is 1. The van der Waals surface area contributed by atoms with Gasteiger partial charge in [0.2, 0.25) is 16.0 Å². The van der Waals surface area contributed by atoms with E-state index in [1.807, 2.05) is 0 Å². The molecule has 7 nitrogen and oxygen atoms in total. The topological polar surface area (TPSA) is 78.4 Å². The van der Waals surface area contributed by atoms with Gasteiger partial charge in [-0.15, -0.1) is 0 Å². The van der Waals surface area contributed by atoms with Crippen LogP contribution in [0.2, 0.25) is 0 Å². The lowest BCUT2D eigenvalue weighted by Gasteiger charge is -2.58. The highest BCUT2D eigenvalue weighted by atomic mass is 32.2. The number of halogens is 2. The number of aromatic nitrogens is 2. The Hall–Kier alpha value is -1.91. The first kappa shape index (κ1) is 21.9. The number of nitrogens with one attached hydrogen (secondary N) is 1. The van der Waals surface area contributed by atoms with E-state index in [1.165, 1.54) is 16.6 Å². The van der Waals surface area contributed by atoms with Gasteiger partial charge in [0.25, 0.3) is 6.43 Å². The molecule has 2 saturated heterocycles. The van der Waals surface area contributed by atoms with Crippen LogP contribution in [0.3, 0.4) is 0 Å². The van der Waals surface area contributed by atoms with Crippen LogP contribution in [0.1, 0.15) is 49.2 Å². The van der Waals surface area contributed by atoms with Gasteiger partial charge in [0.1, 0.15) is 0 Å². The van der Waals surface area contributed by atoms with Crippen molar-refractivity contribution < 1.29 is 17.2 Å². The molecule has 1 N–H and O–H groups in total. The third-order valence-electron chi connectivity index (χ3n) is 7.25. The zero-order valence-corrected chi connectivity index (χ0v) is 19.2. The van der Waals surface area contributed by atoms with Crippen LogP contribution in [0.25, 0.3) is 10.9 Å². The molecule has 1 aromatic heterocycles. The van der Waals surface area contributed by atoms with Crippen LogP contribution in [0, 0.1) is 5.41 Å². The van der Waals surface area contributed by atoms with E-state index in [4.69, 9.17) is 4.98 Å². The van der Waals surface area contributed by atoms with Gasteiger partial charge in [-0.1, -0.05) is 0 Å². The smallest absolute Gasteiger partial charge is 0.263 e. The Kier molecular flexibility index (Phi) is 5.37. The fraction of sp³-hybridized carbons (Fsp3) is 0.636. The predicted molar refractivity (Wildman–Crippen MR) is 119 cm³/mol. The molecule has 3 fully saturated rings. The third-order valence-corrected chi connectivity index (χ3v) is 8.56. The van der Waals surface area contributed by atoms with Gasteiger partial charge in [0, 0.05) is 49.4 Å². The number of sulfonamides is 1. The molecule has 0 amide bonds. The van der Waals surface area contributed by atoms with E-state index in [2.05, 4.69) is 22.2 Å². The van der Waals surface area contributed by atoms with E-state index in [9.17, 15) is 17.2 Å². The average Bonchev–Trinajstić information content (AvgIpc) is 2.68. The molecule has 1 aromatic carbocycles. The first-order valence-corrected chi connectivity index (χ1v) is 13.0. The Labute approximate surface area is 187 Å². The number of nitrogens with zero attached hydrogens (tertiary/aromatic N) is 4. The standard InChI is InChI=1S/C22H29F2N5O2S/c1-28-12-22(13-28)9-16(10-22)18-8-14(20(23)24)7-15-11-25-21(27-19(15)18)26-17-3-5-29(6-4-17)32(2,30)31/h7-8,11,16-17,20H,3-6,9-10,12-13H2,1-2H3,(H,25,26,27). The summed E-state index contributed by atoms with van der Waals surface area (Å²) in [6, 6.07) is 3.20. The van der Waals surface area contributed by atoms with Gasteiger partial charge in [-0.2, -0.15) is 0 Å². The maximum atomic E-state index is 13.5. The zero-order valence-electron chi connectivity index (χ0n) is 18.4. The van der Waals surface area contributed by atoms with Crippen LogP contribution in [-0.4, -0.2) is 73.1 Å². The number of rotatable bonds is 5. The highest BCUT2D eigenvalue weighted by molar-refractivity contribution is 7.88. The first-order valence-electron chi connectivity index (χ1n) is 11.1. The maximum absolute atomic E-state index is 13.5. The number of hydrogen-bond donors (Lipinski definition) is 1. The number of benzene rings is 1. The summed E-state index contributed by atoms with van der Waals surface area (Å²) in [5.74, 6) is 0.712. The van der Waals surface area contributed by atoms with Crippen molar-refractivity contribution in [1.82, 2.24) is 19.2 Å². The van der Waals surface area contributed by atoms with Crippen molar-refractivity contribution in [3.8, 4) is 0 Å². The number of likely N-dealkylation sites (tertiary alicyclic amines) is 1. The quantitative estimate of drug-likeness (QED) is 0.731. The fourth-order valence-corrected chi connectivity index (χ4v) is 6.65. The molecule has 0 bridgehead atoms. The van der Waals surface area contributed by atoms with Crippen molar-refractivity contribution in [3.63, 3.8) is 0 Å². The summed E-state index contributed by atoms with van der Waals surface area (Å²) in [7, 11) is -1.07. The molecule has 3 aliphatic rings. The van der Waals surface area contributed by atoms with Crippen molar-refractivity contribution in [2.75, 3.05) is 44.8 Å². The lowest BCUT2D eigenvalue weighted by Crippen LogP contribution is -2.60. The van der Waals surface area contributed by atoms with Gasteiger partial charge < -0.3 is 10.2 Å². The van der Waals surface area contributed by atoms with Gasteiger partial charge in [-0.3, -0.25) is 0 Å². The fourth-order valence-electron chi connectivity index (χ4n) is 5.78. The molecule has 10 heteroatoms. The van der Waals surface area contributed by atoms with Gasteiger partial charge in [-0.05, 0) is 61.8 Å². The Bertz CT molecular complexity index is 1120. The first-order chi connectivity index (χ1) is 15.1. The lowest BCUT2D eigenvalue weighted by atomic mass is 9.56. The van der Waals surface area contributed by atoms with Crippen molar-refractivity contribution in [1.29, 1.82) is 0 Å². The van der Waals surface area contributed by atoms with E-state index < -0.39 is 16.4 Å². The minimum Gasteiger partial charge on any atom is -0.351 e. The van der Waals surface area contributed by atoms with Gasteiger partial charge >= 0.3 is 0 Å². The molecule has 1 spiro atoms. The zero-order chi connectivity index (χ0) is 22.7. The minimum atomic E-state index is -3.17. The Morgan fingerprint density at radius 2 is 1.88 bits per heavy atom. The molecule has 2 aliphatic heterocycles. The van der Waals surface area contributed by atoms with E-state index in [-0.39, 0.29) is 17.5 Å². The highest BCUT2D eigenvalue weighted by Crippen LogP contribution is 2.56. The SMILES string of the molecule is CN1CC2(CC(c3cc(C(F)F)cc4cnc(NC5CCN(S(C)(=O)=O)CC5)nc34)C2)C1. The van der Waals surface area contributed by atoms with Crippen LogP contribution < -0.4 is 5.32 Å². The lowest BCUT2D eigenvalue weighted by molar-refractivity contribution is -0.0581. The second-order valence-corrected chi connectivity index (χ2v) is 11.9. The van der Waals surface area contributed by atoms with Gasteiger partial charge in [-0.25, -0.2) is 31.5 Å². The summed E-state index contributed by atoms with van der Waals surface area (Å²) in [6.07, 6.45) is 3.69. The molecule has 0 atom stereocenters. The van der Waals surface area contributed by atoms with Crippen LogP contribution in [0.5, 0.6) is 0 Å². The summed E-state index contributed by atoms with van der Waals surface area (Å²) in [5, 5.41) is 3.97. The van der Waals surface area contributed by atoms with Crippen LogP contribution in [-0.2, 0) is 10.0 Å². The normalized spacial score (nSPS) is 22.9. The van der Waals surface area contributed by atoms with E-state index in [1.54, 1.807) is 12.3 Å². The van der Waals surface area contributed by atoms with Crippen LogP contribution in [0.4, 0.5) is 14.7 Å². The van der Waals surface area contributed by atoms with Crippen molar-refractivity contribution in [2.24, 2.45) is 5.41 Å².